The molecule has 2 N–H and O–H groups in total. The van der Waals surface area contributed by atoms with Gasteiger partial charge < -0.3 is 10.1 Å². The van der Waals surface area contributed by atoms with Gasteiger partial charge in [0.15, 0.2) is 0 Å². The molecular weight excluding hydrogens is 666 g/mol. The first-order valence-electron chi connectivity index (χ1n) is 12.4. The van der Waals surface area contributed by atoms with Gasteiger partial charge in [0.1, 0.15) is 12.3 Å². The summed E-state index contributed by atoms with van der Waals surface area (Å²) in [6.45, 7) is 3.03. The van der Waals surface area contributed by atoms with Crippen LogP contribution in [0.3, 0.4) is 0 Å². The van der Waals surface area contributed by atoms with Crippen molar-refractivity contribution in [2.75, 3.05) is 28.0 Å². The van der Waals surface area contributed by atoms with Gasteiger partial charge in [0, 0.05) is 10.7 Å². The fourth-order valence-electron chi connectivity index (χ4n) is 3.93. The summed E-state index contributed by atoms with van der Waals surface area (Å²) in [5.41, 5.74) is 2.43. The first-order chi connectivity index (χ1) is 19.8. The largest absolute Gasteiger partial charge is 0.496 e. The molecule has 0 bridgehead atoms. The van der Waals surface area contributed by atoms with Gasteiger partial charge in [-0.1, -0.05) is 35.4 Å². The lowest BCUT2D eigenvalue weighted by atomic mass is 10.2. The smallest absolute Gasteiger partial charge is 0.264 e. The van der Waals surface area contributed by atoms with Gasteiger partial charge in [-0.15, -0.1) is 0 Å². The molecule has 0 aliphatic carbocycles. The van der Waals surface area contributed by atoms with Crippen LogP contribution in [0.5, 0.6) is 5.75 Å². The van der Waals surface area contributed by atoms with Crippen molar-refractivity contribution in [2.45, 2.75) is 23.6 Å². The number of rotatable bonds is 10. The van der Waals surface area contributed by atoms with Crippen LogP contribution in [0.25, 0.3) is 0 Å². The van der Waals surface area contributed by atoms with E-state index in [1.807, 2.05) is 6.92 Å². The molecule has 0 saturated heterocycles. The predicted octanol–water partition coefficient (Wildman–Crippen LogP) is 6.36. The van der Waals surface area contributed by atoms with Crippen LogP contribution in [-0.4, -0.2) is 36.4 Å². The fourth-order valence-corrected chi connectivity index (χ4v) is 7.37. The van der Waals surface area contributed by atoms with Gasteiger partial charge in [0.2, 0.25) is 5.91 Å². The van der Waals surface area contributed by atoms with Crippen LogP contribution in [0, 0.1) is 13.8 Å². The summed E-state index contributed by atoms with van der Waals surface area (Å²) in [7, 11) is -6.64. The number of anilines is 3. The topological polar surface area (TPSA) is 122 Å². The molecule has 0 heterocycles. The first kappa shape index (κ1) is 31.4. The Morgan fingerprint density at radius 1 is 0.905 bits per heavy atom. The third-order valence-corrected chi connectivity index (χ3v) is 10.5. The average molecular weight is 693 g/mol. The number of carbonyl (C=O) groups is 1. The number of amides is 1. The number of halogens is 2. The molecule has 0 spiro atoms. The summed E-state index contributed by atoms with van der Waals surface area (Å²) in [5.74, 6) is -0.174. The molecule has 4 aromatic rings. The van der Waals surface area contributed by atoms with E-state index in [4.69, 9.17) is 16.3 Å². The number of nitrogens with zero attached hydrogens (tertiary/aromatic N) is 1. The van der Waals surface area contributed by atoms with Gasteiger partial charge in [-0.25, -0.2) is 16.8 Å². The second-order valence-electron chi connectivity index (χ2n) is 9.23. The number of nitrogens with one attached hydrogen (secondary N) is 2. The highest BCUT2D eigenvalue weighted by Crippen LogP contribution is 2.31. The van der Waals surface area contributed by atoms with Gasteiger partial charge >= 0.3 is 0 Å². The van der Waals surface area contributed by atoms with Gasteiger partial charge in [-0.3, -0.25) is 13.8 Å². The van der Waals surface area contributed by atoms with E-state index in [1.165, 1.54) is 49.6 Å². The van der Waals surface area contributed by atoms with Crippen molar-refractivity contribution in [3.63, 3.8) is 0 Å². The number of ether oxygens (including phenoxy) is 1. The summed E-state index contributed by atoms with van der Waals surface area (Å²) in [6, 6.07) is 21.5. The average Bonchev–Trinajstić information content (AvgIpc) is 2.95. The van der Waals surface area contributed by atoms with Crippen molar-refractivity contribution < 1.29 is 26.4 Å². The molecule has 0 saturated carbocycles. The molecule has 0 aliphatic heterocycles. The Balaban J connectivity index is 1.55. The van der Waals surface area contributed by atoms with E-state index < -0.39 is 32.5 Å². The number of hydrogen-bond acceptors (Lipinski definition) is 6. The van der Waals surface area contributed by atoms with Crippen molar-refractivity contribution in [1.29, 1.82) is 0 Å². The molecule has 0 atom stereocenters. The zero-order valence-corrected chi connectivity index (χ0v) is 26.7. The van der Waals surface area contributed by atoms with Gasteiger partial charge in [0.05, 0.1) is 32.7 Å². The van der Waals surface area contributed by atoms with E-state index in [0.717, 1.165) is 9.87 Å². The molecule has 0 aliphatic rings. The lowest BCUT2D eigenvalue weighted by Crippen LogP contribution is -2.38. The van der Waals surface area contributed by atoms with E-state index in [9.17, 15) is 21.6 Å². The van der Waals surface area contributed by atoms with Crippen LogP contribution in [0.4, 0.5) is 17.1 Å². The van der Waals surface area contributed by atoms with Gasteiger partial charge in [-0.05, 0) is 102 Å². The zero-order valence-electron chi connectivity index (χ0n) is 22.8. The number of benzene rings is 4. The van der Waals surface area contributed by atoms with Crippen LogP contribution in [-0.2, 0) is 24.8 Å². The minimum Gasteiger partial charge on any atom is -0.496 e. The summed E-state index contributed by atoms with van der Waals surface area (Å²) < 4.78 is 62.4. The first-order valence-corrected chi connectivity index (χ1v) is 16.5. The van der Waals surface area contributed by atoms with E-state index in [2.05, 4.69) is 26.0 Å². The maximum atomic E-state index is 13.7. The second-order valence-corrected chi connectivity index (χ2v) is 14.0. The summed E-state index contributed by atoms with van der Waals surface area (Å²) in [4.78, 5) is 13.0. The van der Waals surface area contributed by atoms with Gasteiger partial charge in [-0.2, -0.15) is 0 Å². The Bertz CT molecular complexity index is 1830. The van der Waals surface area contributed by atoms with Crippen LogP contribution in [0.1, 0.15) is 11.1 Å². The number of carbonyl (C=O) groups excluding carboxylic acids is 1. The fraction of sp³-hybridized carbons (Fsp3) is 0.138. The monoisotopic (exact) mass is 691 g/mol. The molecule has 4 aromatic carbocycles. The van der Waals surface area contributed by atoms with Crippen molar-refractivity contribution in [3.8, 4) is 5.75 Å². The second kappa shape index (κ2) is 12.7. The van der Waals surface area contributed by atoms with E-state index in [0.29, 0.717) is 32.2 Å². The van der Waals surface area contributed by atoms with E-state index >= 15 is 0 Å². The molecule has 4 rings (SSSR count). The summed E-state index contributed by atoms with van der Waals surface area (Å²) in [5, 5.41) is 3.07. The molecule has 0 fully saturated rings. The molecule has 1 amide bonds. The molecule has 0 aromatic heterocycles. The standard InChI is InChI=1S/C29H27BrClN3O6S2/c1-19-7-11-22(12-8-19)34(42(38,39)24-15-16-28(40-3)25(30)17-24)18-29(35)32-21-9-13-23(14-10-21)41(36,37)33-27-6-4-5-26(31)20(27)2/h4-17,33H,18H2,1-3H3,(H,32,35). The molecule has 42 heavy (non-hydrogen) atoms. The minimum atomic E-state index is -4.17. The third-order valence-electron chi connectivity index (χ3n) is 6.28. The Morgan fingerprint density at radius 2 is 1.55 bits per heavy atom. The van der Waals surface area contributed by atoms with Crippen molar-refractivity contribution in [1.82, 2.24) is 0 Å². The minimum absolute atomic E-state index is 0.0335. The highest BCUT2D eigenvalue weighted by molar-refractivity contribution is 9.10. The zero-order chi connectivity index (χ0) is 30.7. The molecule has 0 radical (unpaired) electrons. The van der Waals surface area contributed by atoms with Crippen LogP contribution in [0.2, 0.25) is 5.02 Å². The molecule has 220 valence electrons. The Kier molecular flexibility index (Phi) is 9.51. The van der Waals surface area contributed by atoms with Crippen molar-refractivity contribution in [2.24, 2.45) is 0 Å². The number of sulfonamides is 2. The summed E-state index contributed by atoms with van der Waals surface area (Å²) in [6.07, 6.45) is 0. The number of methoxy groups -OCH3 is 1. The lowest BCUT2D eigenvalue weighted by Gasteiger charge is -2.24. The van der Waals surface area contributed by atoms with Crippen molar-refractivity contribution in [3.05, 3.63) is 106 Å². The maximum Gasteiger partial charge on any atom is 0.264 e. The number of aryl methyl sites for hydroxylation is 1. The Hall–Kier alpha value is -3.58. The van der Waals surface area contributed by atoms with Crippen LogP contribution in [0.15, 0.2) is 99.2 Å². The van der Waals surface area contributed by atoms with E-state index in [1.54, 1.807) is 49.4 Å². The molecule has 0 unspecified atom stereocenters. The van der Waals surface area contributed by atoms with Gasteiger partial charge in [0.25, 0.3) is 20.0 Å². The Morgan fingerprint density at radius 3 is 2.17 bits per heavy atom. The normalized spacial score (nSPS) is 11.5. The highest BCUT2D eigenvalue weighted by atomic mass is 79.9. The lowest BCUT2D eigenvalue weighted by molar-refractivity contribution is -0.114. The quantitative estimate of drug-likeness (QED) is 0.200. The SMILES string of the molecule is COc1ccc(S(=O)(=O)N(CC(=O)Nc2ccc(S(=O)(=O)Nc3cccc(Cl)c3C)cc2)c2ccc(C)cc2)cc1Br. The highest BCUT2D eigenvalue weighted by Gasteiger charge is 2.28. The molecule has 13 heteroatoms. The maximum absolute atomic E-state index is 13.7. The van der Waals surface area contributed by atoms with Crippen LogP contribution < -0.4 is 19.1 Å². The molecular formula is C29H27BrClN3O6S2. The van der Waals surface area contributed by atoms with Crippen molar-refractivity contribution >= 4 is 70.5 Å². The molecule has 9 nitrogen and oxygen atoms in total. The van der Waals surface area contributed by atoms with E-state index in [-0.39, 0.29) is 15.5 Å². The number of hydrogen-bond donors (Lipinski definition) is 2. The predicted molar refractivity (Wildman–Crippen MR) is 168 cm³/mol. The third kappa shape index (κ3) is 7.06. The van der Waals surface area contributed by atoms with Crippen LogP contribution >= 0.6 is 27.5 Å². The summed E-state index contributed by atoms with van der Waals surface area (Å²) >= 11 is 9.41. The Labute approximate surface area is 258 Å².